The van der Waals surface area contributed by atoms with Crippen molar-refractivity contribution in [1.29, 1.82) is 0 Å². The molecule has 0 atom stereocenters. The highest BCUT2D eigenvalue weighted by molar-refractivity contribution is 6.66. The topological polar surface area (TPSA) is 38.7 Å². The minimum atomic E-state index is -2.18. The Labute approximate surface area is 132 Å². The van der Waals surface area contributed by atoms with Crippen LogP contribution in [-0.4, -0.2) is 31.0 Å². The van der Waals surface area contributed by atoms with Crippen LogP contribution in [0.5, 0.6) is 0 Å². The lowest BCUT2D eigenvalue weighted by Gasteiger charge is -2.40. The fourth-order valence-corrected chi connectivity index (χ4v) is 7.09. The molecule has 3 nitrogen and oxygen atoms in total. The van der Waals surface area contributed by atoms with Crippen LogP contribution in [0.15, 0.2) is 0 Å². The van der Waals surface area contributed by atoms with Gasteiger partial charge in [0.1, 0.15) is 0 Å². The lowest BCUT2D eigenvalue weighted by atomic mass is 9.86. The molecule has 1 N–H and O–H groups in total. The number of hydrogen-bond acceptors (Lipinski definition) is 3. The molecule has 0 aliphatic heterocycles. The summed E-state index contributed by atoms with van der Waals surface area (Å²) in [5, 5.41) is 9.62. The second-order valence-corrected chi connectivity index (χ2v) is 12.0. The quantitative estimate of drug-likeness (QED) is 0.752. The molecule has 0 unspecified atom stereocenters. The van der Waals surface area contributed by atoms with E-state index in [2.05, 4.69) is 48.1 Å². The van der Waals surface area contributed by atoms with E-state index in [1.54, 1.807) is 0 Å². The van der Waals surface area contributed by atoms with Crippen LogP contribution in [0.1, 0.15) is 73.6 Å². The van der Waals surface area contributed by atoms with Gasteiger partial charge in [-0.1, -0.05) is 0 Å². The smallest absolute Gasteiger partial charge is 0.335 e. The first-order chi connectivity index (χ1) is 9.39. The first-order valence-corrected chi connectivity index (χ1v) is 11.0. The SMILES string of the molecule is CC(C)(C)O[Si](C)(CCC1CCC(O)CC1)OC(C)(C)C. The van der Waals surface area contributed by atoms with Crippen LogP contribution >= 0.6 is 0 Å². The van der Waals surface area contributed by atoms with E-state index in [-0.39, 0.29) is 17.3 Å². The van der Waals surface area contributed by atoms with Crippen molar-refractivity contribution in [3.05, 3.63) is 0 Å². The maximum absolute atomic E-state index is 9.62. The van der Waals surface area contributed by atoms with E-state index in [9.17, 15) is 5.11 Å². The highest BCUT2D eigenvalue weighted by atomic mass is 28.4. The maximum Gasteiger partial charge on any atom is 0.335 e. The predicted molar refractivity (Wildman–Crippen MR) is 90.7 cm³/mol. The molecular weight excluding hydrogens is 280 g/mol. The van der Waals surface area contributed by atoms with Crippen molar-refractivity contribution in [2.45, 2.75) is 104 Å². The zero-order chi connectivity index (χ0) is 16.3. The summed E-state index contributed by atoms with van der Waals surface area (Å²) in [6.07, 6.45) is 5.32. The van der Waals surface area contributed by atoms with Gasteiger partial charge in [0.05, 0.1) is 17.3 Å². The highest BCUT2D eigenvalue weighted by Gasteiger charge is 2.40. The average molecular weight is 317 g/mol. The van der Waals surface area contributed by atoms with Gasteiger partial charge < -0.3 is 14.0 Å². The second kappa shape index (κ2) is 7.11. The first-order valence-electron chi connectivity index (χ1n) is 8.47. The molecular formula is C17H36O3Si. The van der Waals surface area contributed by atoms with Crippen LogP contribution in [0, 0.1) is 5.92 Å². The summed E-state index contributed by atoms with van der Waals surface area (Å²) in [7, 11) is -2.18. The largest absolute Gasteiger partial charge is 0.393 e. The Morgan fingerprint density at radius 3 is 1.71 bits per heavy atom. The van der Waals surface area contributed by atoms with Crippen molar-refractivity contribution in [3.8, 4) is 0 Å². The van der Waals surface area contributed by atoms with Gasteiger partial charge in [0.15, 0.2) is 0 Å². The fraction of sp³-hybridized carbons (Fsp3) is 1.00. The molecule has 0 aromatic carbocycles. The molecule has 4 heteroatoms. The molecule has 1 fully saturated rings. The fourth-order valence-electron chi connectivity index (χ4n) is 3.32. The molecule has 21 heavy (non-hydrogen) atoms. The number of aliphatic hydroxyl groups is 1. The predicted octanol–water partition coefficient (Wildman–Crippen LogP) is 4.63. The molecule has 0 amide bonds. The summed E-state index contributed by atoms with van der Waals surface area (Å²) in [4.78, 5) is 0. The van der Waals surface area contributed by atoms with E-state index in [0.717, 1.165) is 37.6 Å². The molecule has 0 heterocycles. The van der Waals surface area contributed by atoms with Crippen molar-refractivity contribution in [2.75, 3.05) is 0 Å². The number of aliphatic hydroxyl groups excluding tert-OH is 1. The van der Waals surface area contributed by atoms with Crippen molar-refractivity contribution in [3.63, 3.8) is 0 Å². The maximum atomic E-state index is 9.62. The van der Waals surface area contributed by atoms with Crippen LogP contribution in [0.4, 0.5) is 0 Å². The Hall–Kier alpha value is 0.0969. The molecule has 126 valence electrons. The van der Waals surface area contributed by atoms with Crippen LogP contribution in [-0.2, 0) is 8.85 Å². The van der Waals surface area contributed by atoms with Gasteiger partial charge in [-0.05, 0) is 92.2 Å². The Morgan fingerprint density at radius 2 is 1.33 bits per heavy atom. The van der Waals surface area contributed by atoms with Gasteiger partial charge in [-0.25, -0.2) is 0 Å². The number of rotatable bonds is 5. The molecule has 1 aliphatic carbocycles. The lowest BCUT2D eigenvalue weighted by Crippen LogP contribution is -2.49. The first kappa shape index (κ1) is 19.1. The minimum absolute atomic E-state index is 0.0680. The Bertz CT molecular complexity index is 293. The van der Waals surface area contributed by atoms with Gasteiger partial charge in [0, 0.05) is 0 Å². The average Bonchev–Trinajstić information content (AvgIpc) is 2.23. The molecule has 0 aromatic rings. The minimum Gasteiger partial charge on any atom is -0.393 e. The molecule has 1 saturated carbocycles. The van der Waals surface area contributed by atoms with Crippen LogP contribution < -0.4 is 0 Å². The van der Waals surface area contributed by atoms with Gasteiger partial charge in [-0.2, -0.15) is 0 Å². The standard InChI is InChI=1S/C17H36O3Si/c1-16(2,3)19-21(7,20-17(4,5)6)13-12-14-8-10-15(18)11-9-14/h14-15,18H,8-13H2,1-7H3. The van der Waals surface area contributed by atoms with Crippen molar-refractivity contribution < 1.29 is 14.0 Å². The summed E-state index contributed by atoms with van der Waals surface area (Å²) in [6.45, 7) is 14.9. The van der Waals surface area contributed by atoms with E-state index in [0.29, 0.717) is 0 Å². The lowest BCUT2D eigenvalue weighted by molar-refractivity contribution is 0.0162. The Balaban J connectivity index is 2.60. The van der Waals surface area contributed by atoms with E-state index in [1.807, 2.05) is 0 Å². The van der Waals surface area contributed by atoms with Gasteiger partial charge in [-0.15, -0.1) is 0 Å². The summed E-state index contributed by atoms with van der Waals surface area (Å²) in [5.41, 5.74) is -0.316. The summed E-state index contributed by atoms with van der Waals surface area (Å²) >= 11 is 0. The third-order valence-corrected chi connectivity index (χ3v) is 7.15. The van der Waals surface area contributed by atoms with Gasteiger partial charge >= 0.3 is 8.56 Å². The van der Waals surface area contributed by atoms with E-state index in [4.69, 9.17) is 8.85 Å². The second-order valence-electron chi connectivity index (χ2n) is 8.78. The van der Waals surface area contributed by atoms with Crippen molar-refractivity contribution in [1.82, 2.24) is 0 Å². The zero-order valence-corrected chi connectivity index (χ0v) is 16.2. The highest BCUT2D eigenvalue weighted by Crippen LogP contribution is 2.33. The van der Waals surface area contributed by atoms with Gasteiger partial charge in [-0.3, -0.25) is 0 Å². The zero-order valence-electron chi connectivity index (χ0n) is 15.2. The Morgan fingerprint density at radius 1 is 0.905 bits per heavy atom. The molecule has 0 saturated heterocycles. The third kappa shape index (κ3) is 8.34. The number of hydrogen-bond donors (Lipinski definition) is 1. The summed E-state index contributed by atoms with van der Waals surface area (Å²) in [5.74, 6) is 0.729. The van der Waals surface area contributed by atoms with Crippen molar-refractivity contribution >= 4 is 8.56 Å². The third-order valence-electron chi connectivity index (χ3n) is 3.87. The monoisotopic (exact) mass is 316 g/mol. The van der Waals surface area contributed by atoms with Crippen LogP contribution in [0.25, 0.3) is 0 Å². The molecule has 1 aliphatic rings. The van der Waals surface area contributed by atoms with Gasteiger partial charge in [0.2, 0.25) is 0 Å². The van der Waals surface area contributed by atoms with Crippen LogP contribution in [0.3, 0.4) is 0 Å². The summed E-state index contributed by atoms with van der Waals surface area (Å²) < 4.78 is 12.8. The van der Waals surface area contributed by atoms with E-state index in [1.165, 1.54) is 6.42 Å². The van der Waals surface area contributed by atoms with E-state index < -0.39 is 8.56 Å². The Kier molecular flexibility index (Phi) is 6.49. The molecule has 0 aromatic heterocycles. The molecule has 0 radical (unpaired) electrons. The molecule has 1 rings (SSSR count). The molecule has 0 spiro atoms. The van der Waals surface area contributed by atoms with E-state index >= 15 is 0 Å². The van der Waals surface area contributed by atoms with Crippen LogP contribution in [0.2, 0.25) is 12.6 Å². The van der Waals surface area contributed by atoms with Crippen molar-refractivity contribution in [2.24, 2.45) is 5.92 Å². The normalized spacial score (nSPS) is 25.1. The summed E-state index contributed by atoms with van der Waals surface area (Å²) in [6, 6.07) is 1.04. The van der Waals surface area contributed by atoms with Gasteiger partial charge in [0.25, 0.3) is 0 Å². The molecule has 0 bridgehead atoms.